The van der Waals surface area contributed by atoms with Crippen LogP contribution >= 0.6 is 0 Å². The van der Waals surface area contributed by atoms with Gasteiger partial charge in [-0.2, -0.15) is 26.3 Å². The zero-order valence-electron chi connectivity index (χ0n) is 26.9. The Labute approximate surface area is 287 Å². The van der Waals surface area contributed by atoms with E-state index in [0.717, 1.165) is 24.6 Å². The number of halogens is 6. The molecule has 0 aliphatic heterocycles. The van der Waals surface area contributed by atoms with Gasteiger partial charge in [-0.05, 0) is 64.2 Å². The van der Waals surface area contributed by atoms with E-state index in [2.05, 4.69) is 9.10 Å². The lowest BCUT2D eigenvalue weighted by Gasteiger charge is -2.24. The molecule has 266 valence electrons. The fraction of sp³-hybridized carbons (Fsp3) is 0.194. The second-order valence-electron chi connectivity index (χ2n) is 11.4. The summed E-state index contributed by atoms with van der Waals surface area (Å²) in [5, 5.41) is 1.45. The third-order valence-electron chi connectivity index (χ3n) is 7.80. The van der Waals surface area contributed by atoms with Crippen molar-refractivity contribution in [3.05, 3.63) is 125 Å². The molecule has 1 aromatic heterocycles. The minimum Gasteiger partial charge on any atom is -0.468 e. The number of benzene rings is 4. The van der Waals surface area contributed by atoms with Crippen LogP contribution in [0.15, 0.2) is 111 Å². The maximum atomic E-state index is 14.1. The topological polar surface area (TPSA) is 106 Å². The van der Waals surface area contributed by atoms with Gasteiger partial charge in [0.25, 0.3) is 5.91 Å². The Morgan fingerprint density at radius 2 is 1.53 bits per heavy atom. The maximum absolute atomic E-state index is 14.1. The van der Waals surface area contributed by atoms with Gasteiger partial charge < -0.3 is 14.1 Å². The van der Waals surface area contributed by atoms with E-state index in [1.165, 1.54) is 23.1 Å². The predicted molar refractivity (Wildman–Crippen MR) is 175 cm³/mol. The molecule has 15 heteroatoms. The third kappa shape index (κ3) is 8.48. The van der Waals surface area contributed by atoms with Crippen LogP contribution in [0, 0.1) is 6.92 Å². The molecule has 5 aromatic rings. The number of rotatable bonds is 9. The monoisotopic (exact) mass is 730 g/mol. The number of amides is 2. The molecule has 0 N–H and O–H groups in total. The van der Waals surface area contributed by atoms with E-state index in [4.69, 9.17) is 4.42 Å². The number of carbonyl (C=O) groups is 3. The number of methoxy groups -OCH3 is 1. The zero-order chi connectivity index (χ0) is 37.1. The summed E-state index contributed by atoms with van der Waals surface area (Å²) in [5.74, 6) is -6.61. The number of aryl methyl sites for hydroxylation is 1. The van der Waals surface area contributed by atoms with Crippen molar-refractivity contribution in [2.24, 2.45) is 4.36 Å². The predicted octanol–water partition coefficient (Wildman–Crippen LogP) is 8.36. The minimum absolute atomic E-state index is 0.0603. The van der Waals surface area contributed by atoms with Crippen LogP contribution in [0.25, 0.3) is 21.9 Å². The molecule has 0 fully saturated rings. The average Bonchev–Trinajstić information content (AvgIpc) is 3.57. The highest BCUT2D eigenvalue weighted by atomic mass is 32.2. The molecular formula is C36H28F6N2O6S. The lowest BCUT2D eigenvalue weighted by molar-refractivity contribution is -0.169. The van der Waals surface area contributed by atoms with E-state index in [1.807, 2.05) is 18.2 Å². The van der Waals surface area contributed by atoms with Gasteiger partial charge >= 0.3 is 24.2 Å². The molecule has 0 aliphatic carbocycles. The van der Waals surface area contributed by atoms with E-state index in [-0.39, 0.29) is 23.7 Å². The van der Waals surface area contributed by atoms with Gasteiger partial charge in [0.2, 0.25) is 5.76 Å². The van der Waals surface area contributed by atoms with Crippen molar-refractivity contribution in [2.45, 2.75) is 37.3 Å². The molecule has 0 aliphatic rings. The van der Waals surface area contributed by atoms with Crippen molar-refractivity contribution in [1.82, 2.24) is 4.90 Å². The van der Waals surface area contributed by atoms with Crippen molar-refractivity contribution < 1.29 is 54.1 Å². The summed E-state index contributed by atoms with van der Waals surface area (Å²) in [6, 6.07) is 24.6. The van der Waals surface area contributed by atoms with Gasteiger partial charge in [0.1, 0.15) is 11.5 Å². The van der Waals surface area contributed by atoms with E-state index in [9.17, 15) is 44.9 Å². The van der Waals surface area contributed by atoms with Crippen LogP contribution in [-0.4, -0.2) is 45.9 Å². The van der Waals surface area contributed by atoms with Crippen LogP contribution in [0.4, 0.5) is 26.3 Å². The smallest absolute Gasteiger partial charge is 0.468 e. The standard InChI is InChI=1S/C36H28F6N2O6S/c1-22-10-13-25-6-3-4-9-29(25)32(22)33(46)44(20-27-16-17-30(50-27)35(37,38)39)19-23-11-14-24(15-12-23)26-7-5-8-28(18-26)51(48,21-31(45)49-2)43-34(47)36(40,41)42/h3-18H,19-21H2,1-2H3. The Morgan fingerprint density at radius 3 is 2.18 bits per heavy atom. The van der Waals surface area contributed by atoms with Gasteiger partial charge in [-0.25, -0.2) is 4.21 Å². The summed E-state index contributed by atoms with van der Waals surface area (Å²) in [5.41, 5.74) is 2.41. The molecule has 5 rings (SSSR count). The highest BCUT2D eigenvalue weighted by Crippen LogP contribution is 2.32. The minimum atomic E-state index is -5.43. The molecule has 4 aromatic carbocycles. The van der Waals surface area contributed by atoms with Gasteiger partial charge in [0.05, 0.1) is 28.9 Å². The van der Waals surface area contributed by atoms with Crippen LogP contribution in [0.5, 0.6) is 0 Å². The van der Waals surface area contributed by atoms with E-state index < -0.39 is 51.4 Å². The number of hydrogen-bond donors (Lipinski definition) is 0. The molecule has 0 bridgehead atoms. The first-order chi connectivity index (χ1) is 24.0. The number of carbonyl (C=O) groups excluding carboxylic acids is 3. The average molecular weight is 731 g/mol. The van der Waals surface area contributed by atoms with Crippen molar-refractivity contribution in [3.8, 4) is 11.1 Å². The third-order valence-corrected chi connectivity index (χ3v) is 9.88. The van der Waals surface area contributed by atoms with Gasteiger partial charge in [0.15, 0.2) is 0 Å². The molecule has 1 unspecified atom stereocenters. The summed E-state index contributed by atoms with van der Waals surface area (Å²) in [4.78, 5) is 38.8. The van der Waals surface area contributed by atoms with Crippen LogP contribution in [0.2, 0.25) is 0 Å². The number of esters is 1. The number of fused-ring (bicyclic) bond motifs is 1. The Balaban J connectivity index is 1.49. The number of hydrogen-bond acceptors (Lipinski definition) is 6. The second kappa shape index (κ2) is 14.4. The summed E-state index contributed by atoms with van der Waals surface area (Å²) in [7, 11) is -3.31. The highest BCUT2D eigenvalue weighted by Gasteiger charge is 2.40. The summed E-state index contributed by atoms with van der Waals surface area (Å²) < 4.78 is 105. The quantitative estimate of drug-likeness (QED) is 0.112. The first-order valence-corrected chi connectivity index (χ1v) is 16.7. The van der Waals surface area contributed by atoms with Gasteiger partial charge in [-0.3, -0.25) is 14.4 Å². The molecule has 1 atom stereocenters. The number of alkyl halides is 6. The molecule has 0 radical (unpaired) electrons. The summed E-state index contributed by atoms with van der Waals surface area (Å²) in [6.07, 6.45) is -10.1. The van der Waals surface area contributed by atoms with Crippen LogP contribution in [0.1, 0.15) is 33.0 Å². The lowest BCUT2D eigenvalue weighted by Crippen LogP contribution is -2.30. The molecule has 0 saturated carbocycles. The molecule has 0 spiro atoms. The van der Waals surface area contributed by atoms with Crippen molar-refractivity contribution in [2.75, 3.05) is 12.9 Å². The van der Waals surface area contributed by atoms with Crippen molar-refractivity contribution in [3.63, 3.8) is 0 Å². The molecule has 2 amide bonds. The zero-order valence-corrected chi connectivity index (χ0v) is 27.7. The van der Waals surface area contributed by atoms with Gasteiger partial charge in [-0.1, -0.05) is 72.8 Å². The first-order valence-electron chi connectivity index (χ1n) is 15.0. The Morgan fingerprint density at radius 1 is 0.824 bits per heavy atom. The molecule has 51 heavy (non-hydrogen) atoms. The molecule has 1 heterocycles. The molecule has 0 saturated heterocycles. The Bertz CT molecular complexity index is 2240. The van der Waals surface area contributed by atoms with E-state index >= 15 is 0 Å². The van der Waals surface area contributed by atoms with Gasteiger partial charge in [-0.15, -0.1) is 4.36 Å². The normalized spacial score (nSPS) is 13.0. The fourth-order valence-electron chi connectivity index (χ4n) is 5.30. The Kier molecular flexibility index (Phi) is 10.4. The number of nitrogens with zero attached hydrogens (tertiary/aromatic N) is 2. The van der Waals surface area contributed by atoms with Crippen LogP contribution in [-0.2, 0) is 43.3 Å². The van der Waals surface area contributed by atoms with Crippen LogP contribution in [0.3, 0.4) is 0 Å². The Hall–Kier alpha value is -5.44. The first kappa shape index (κ1) is 36.8. The summed E-state index contributed by atoms with van der Waals surface area (Å²) >= 11 is 0. The largest absolute Gasteiger partial charge is 0.474 e. The van der Waals surface area contributed by atoms with Crippen molar-refractivity contribution in [1.29, 1.82) is 0 Å². The summed E-state index contributed by atoms with van der Waals surface area (Å²) in [6.45, 7) is 1.40. The second-order valence-corrected chi connectivity index (χ2v) is 13.6. The highest BCUT2D eigenvalue weighted by molar-refractivity contribution is 7.94. The lowest BCUT2D eigenvalue weighted by atomic mass is 9.98. The molecular weight excluding hydrogens is 702 g/mol. The van der Waals surface area contributed by atoms with Crippen LogP contribution < -0.4 is 0 Å². The van der Waals surface area contributed by atoms with Gasteiger partial charge in [0, 0.05) is 11.4 Å². The maximum Gasteiger partial charge on any atom is 0.474 e. The van der Waals surface area contributed by atoms with Crippen molar-refractivity contribution >= 4 is 38.3 Å². The number of ether oxygens (including phenoxy) is 1. The molecule has 8 nitrogen and oxygen atoms in total. The fourth-order valence-corrected chi connectivity index (χ4v) is 7.04. The van der Waals surface area contributed by atoms with E-state index in [1.54, 1.807) is 55.5 Å². The number of furan rings is 1. The SMILES string of the molecule is COC(=O)CS(=O)(=NC(=O)C(F)(F)F)c1cccc(-c2ccc(CN(Cc3ccc(C(F)(F)F)o3)C(=O)c3c(C)ccc4ccccc34)cc2)c1. The van der Waals surface area contributed by atoms with E-state index in [0.29, 0.717) is 33.2 Å².